The highest BCUT2D eigenvalue weighted by atomic mass is 17.2. The lowest BCUT2D eigenvalue weighted by Crippen LogP contribution is -2.43. The minimum Gasteiger partial charge on any atom is -0.496 e. The maximum atomic E-state index is 12.5. The molecule has 0 bridgehead atoms. The maximum absolute atomic E-state index is 12.5. The van der Waals surface area contributed by atoms with E-state index in [1.807, 2.05) is 0 Å². The Morgan fingerprint density at radius 2 is 1.43 bits per heavy atom. The van der Waals surface area contributed by atoms with Gasteiger partial charge in [-0.1, -0.05) is 0 Å². The number of rotatable bonds is 12. The van der Waals surface area contributed by atoms with Gasteiger partial charge in [-0.25, -0.2) is 9.78 Å². The first-order chi connectivity index (χ1) is 14.3. The predicted molar refractivity (Wildman–Crippen MR) is 100 cm³/mol. The van der Waals surface area contributed by atoms with Gasteiger partial charge in [-0.05, 0) is 0 Å². The van der Waals surface area contributed by atoms with Gasteiger partial charge in [0.05, 0.1) is 48.6 Å². The molecule has 0 amide bonds. The molecule has 1 aromatic rings. The Morgan fingerprint density at radius 1 is 0.933 bits per heavy atom. The molecule has 1 aromatic carbocycles. The Hall–Kier alpha value is -3.12. The predicted octanol–water partition coefficient (Wildman–Crippen LogP) is 0.981. The van der Waals surface area contributed by atoms with E-state index in [0.717, 1.165) is 14.2 Å². The van der Waals surface area contributed by atoms with Gasteiger partial charge in [0, 0.05) is 22.6 Å². The van der Waals surface area contributed by atoms with Crippen molar-refractivity contribution in [1.82, 2.24) is 0 Å². The second-order valence-electron chi connectivity index (χ2n) is 5.80. The lowest BCUT2D eigenvalue weighted by atomic mass is 9.79. The Balaban J connectivity index is 3.90. The van der Waals surface area contributed by atoms with Crippen molar-refractivity contribution in [1.29, 1.82) is 0 Å². The first-order valence-electron chi connectivity index (χ1n) is 8.55. The third kappa shape index (κ3) is 5.48. The number of hydrogen-bond donors (Lipinski definition) is 0. The third-order valence-electron chi connectivity index (χ3n) is 4.40. The summed E-state index contributed by atoms with van der Waals surface area (Å²) in [7, 11) is 7.29. The maximum Gasteiger partial charge on any atom is 0.320 e. The van der Waals surface area contributed by atoms with Gasteiger partial charge in [0.2, 0.25) is 6.04 Å². The molecule has 2 atom stereocenters. The van der Waals surface area contributed by atoms with Crippen molar-refractivity contribution in [2.75, 3.05) is 49.3 Å². The molecule has 0 radical (unpaired) electrons. The Labute approximate surface area is 173 Å². The third-order valence-corrected chi connectivity index (χ3v) is 4.40. The number of nitrogens with zero attached hydrogens (tertiary/aromatic N) is 1. The minimum atomic E-state index is -1.73. The van der Waals surface area contributed by atoms with Crippen molar-refractivity contribution in [2.24, 2.45) is 5.92 Å². The number of hydrogen-bond acceptors (Lipinski definition) is 11. The molecule has 0 spiro atoms. The fraction of sp³-hybridized carbons (Fsp3) is 0.556. The number of esters is 2. The van der Waals surface area contributed by atoms with E-state index < -0.39 is 41.3 Å². The smallest absolute Gasteiger partial charge is 0.320 e. The van der Waals surface area contributed by atoms with Crippen molar-refractivity contribution in [3.05, 3.63) is 27.8 Å². The average Bonchev–Trinajstić information content (AvgIpc) is 2.76. The molecule has 30 heavy (non-hydrogen) atoms. The van der Waals surface area contributed by atoms with Crippen LogP contribution in [0.5, 0.6) is 17.2 Å². The molecule has 0 aliphatic carbocycles. The van der Waals surface area contributed by atoms with Crippen LogP contribution in [0, 0.1) is 16.0 Å². The fourth-order valence-corrected chi connectivity index (χ4v) is 3.02. The molecule has 168 valence electrons. The molecule has 0 aromatic heterocycles. The van der Waals surface area contributed by atoms with E-state index in [1.54, 1.807) is 0 Å². The largest absolute Gasteiger partial charge is 0.496 e. The van der Waals surface area contributed by atoms with E-state index >= 15 is 0 Å². The van der Waals surface area contributed by atoms with Crippen molar-refractivity contribution in [2.45, 2.75) is 12.0 Å². The van der Waals surface area contributed by atoms with E-state index in [0.29, 0.717) is 5.75 Å². The summed E-state index contributed by atoms with van der Waals surface area (Å²) < 4.78 is 25.4. The molecule has 12 nitrogen and oxygen atoms in total. The number of methoxy groups -OCH3 is 5. The highest BCUT2D eigenvalue weighted by Crippen LogP contribution is 2.45. The van der Waals surface area contributed by atoms with Crippen molar-refractivity contribution in [3.63, 3.8) is 0 Å². The molecule has 0 fully saturated rings. The van der Waals surface area contributed by atoms with Crippen LogP contribution in [0.4, 0.5) is 0 Å². The van der Waals surface area contributed by atoms with Gasteiger partial charge in [-0.15, -0.1) is 0 Å². The zero-order valence-corrected chi connectivity index (χ0v) is 17.5. The second-order valence-corrected chi connectivity index (χ2v) is 5.80. The summed E-state index contributed by atoms with van der Waals surface area (Å²) in [4.78, 5) is 45.5. The lowest BCUT2D eigenvalue weighted by molar-refractivity contribution is -0.540. The first-order valence-corrected chi connectivity index (χ1v) is 8.55. The summed E-state index contributed by atoms with van der Waals surface area (Å²) in [6, 6.07) is 1.22. The Morgan fingerprint density at radius 3 is 1.77 bits per heavy atom. The first kappa shape index (κ1) is 24.9. The normalized spacial score (nSPS) is 12.6. The molecule has 0 aliphatic rings. The zero-order valence-electron chi connectivity index (χ0n) is 17.5. The lowest BCUT2D eigenvalue weighted by Gasteiger charge is -2.28. The molecule has 0 N–H and O–H groups in total. The molecule has 1 rings (SSSR count). The molecular formula is C18H25NO11. The molecule has 12 heteroatoms. The van der Waals surface area contributed by atoms with Crippen LogP contribution in [0.2, 0.25) is 0 Å². The minimum absolute atomic E-state index is 0.0583. The number of ether oxygens (including phenoxy) is 5. The van der Waals surface area contributed by atoms with Crippen molar-refractivity contribution >= 4 is 11.9 Å². The van der Waals surface area contributed by atoms with Crippen LogP contribution in [0.1, 0.15) is 11.5 Å². The van der Waals surface area contributed by atoms with Gasteiger partial charge in [0.25, 0.3) is 0 Å². The van der Waals surface area contributed by atoms with Crippen LogP contribution in [0.15, 0.2) is 12.1 Å². The van der Waals surface area contributed by atoms with Crippen molar-refractivity contribution < 1.29 is 48.0 Å². The van der Waals surface area contributed by atoms with Crippen LogP contribution < -0.4 is 14.2 Å². The number of nitro groups is 1. The topological polar surface area (TPSA) is 142 Å². The second kappa shape index (κ2) is 11.8. The van der Waals surface area contributed by atoms with Crippen LogP contribution >= 0.6 is 0 Å². The SMILES string of the molecule is COOCC([C@@H](c1c(OC)cc(OC)cc1OC)C(C(=O)OC)C(=O)OC)[N+](=O)[O-]. The van der Waals surface area contributed by atoms with E-state index in [4.69, 9.17) is 28.6 Å². The molecule has 0 saturated carbocycles. The van der Waals surface area contributed by atoms with Gasteiger partial charge in [0.1, 0.15) is 17.2 Å². The molecular weight excluding hydrogens is 406 g/mol. The van der Waals surface area contributed by atoms with Crippen LogP contribution in [-0.4, -0.2) is 72.2 Å². The van der Waals surface area contributed by atoms with Gasteiger partial charge in [0.15, 0.2) is 12.5 Å². The van der Waals surface area contributed by atoms with Gasteiger partial charge in [-0.3, -0.25) is 19.7 Å². The van der Waals surface area contributed by atoms with Gasteiger partial charge >= 0.3 is 11.9 Å². The van der Waals surface area contributed by atoms with Crippen LogP contribution in [0.3, 0.4) is 0 Å². The summed E-state index contributed by atoms with van der Waals surface area (Å²) in [5.74, 6) is -4.80. The van der Waals surface area contributed by atoms with Crippen LogP contribution in [0.25, 0.3) is 0 Å². The summed E-state index contributed by atoms with van der Waals surface area (Å²) in [6.45, 7) is -0.600. The van der Waals surface area contributed by atoms with Crippen molar-refractivity contribution in [3.8, 4) is 17.2 Å². The number of carbonyl (C=O) groups is 2. The number of benzene rings is 1. The van der Waals surface area contributed by atoms with Crippen LogP contribution in [-0.2, 0) is 28.8 Å². The highest BCUT2D eigenvalue weighted by Gasteiger charge is 2.50. The zero-order chi connectivity index (χ0) is 22.8. The van der Waals surface area contributed by atoms with E-state index in [2.05, 4.69) is 4.89 Å². The standard InChI is InChI=1S/C18H25NO11/c1-24-10-7-12(25-2)15(13(8-10)26-3)14(11(19(22)23)9-30-29-6)16(17(20)27-4)18(21)28-5/h7-8,11,14,16H,9H2,1-6H3/t11?,14-/m0/s1. The average molecular weight is 431 g/mol. The van der Waals surface area contributed by atoms with E-state index in [-0.39, 0.29) is 17.1 Å². The summed E-state index contributed by atoms with van der Waals surface area (Å²) >= 11 is 0. The highest BCUT2D eigenvalue weighted by molar-refractivity contribution is 5.96. The van der Waals surface area contributed by atoms with E-state index in [1.165, 1.54) is 40.6 Å². The summed E-state index contributed by atoms with van der Waals surface area (Å²) in [5.41, 5.74) is 0.0583. The van der Waals surface area contributed by atoms with Gasteiger partial charge in [-0.2, -0.15) is 0 Å². The van der Waals surface area contributed by atoms with E-state index in [9.17, 15) is 19.7 Å². The summed E-state index contributed by atoms with van der Waals surface area (Å²) in [6.07, 6.45) is 0. The Bertz CT molecular complexity index is 711. The molecule has 0 aliphatic heterocycles. The Kier molecular flexibility index (Phi) is 9.78. The number of carbonyl (C=O) groups excluding carboxylic acids is 2. The quantitative estimate of drug-likeness (QED) is 0.154. The summed E-state index contributed by atoms with van der Waals surface area (Å²) in [5, 5.41) is 11.9. The fourth-order valence-electron chi connectivity index (χ4n) is 3.02. The monoisotopic (exact) mass is 431 g/mol. The molecule has 0 saturated heterocycles. The van der Waals surface area contributed by atoms with Gasteiger partial charge < -0.3 is 23.7 Å². The molecule has 0 heterocycles. The molecule has 1 unspecified atom stereocenters.